The SMILES string of the molecule is OCCOCCNC[C@@H](O)c1ccc(-c2ccccc2)cc1. The lowest BCUT2D eigenvalue weighted by atomic mass is 10.0. The molecule has 4 nitrogen and oxygen atoms in total. The highest BCUT2D eigenvalue weighted by molar-refractivity contribution is 5.63. The first-order valence-electron chi connectivity index (χ1n) is 7.54. The van der Waals surface area contributed by atoms with E-state index in [9.17, 15) is 5.11 Å². The lowest BCUT2D eigenvalue weighted by Gasteiger charge is -2.13. The van der Waals surface area contributed by atoms with Crippen LogP contribution in [0.4, 0.5) is 0 Å². The fourth-order valence-electron chi connectivity index (χ4n) is 2.20. The van der Waals surface area contributed by atoms with Crippen molar-refractivity contribution in [2.45, 2.75) is 6.10 Å². The van der Waals surface area contributed by atoms with Gasteiger partial charge in [-0.05, 0) is 16.7 Å². The second kappa shape index (κ2) is 9.33. The Morgan fingerprint density at radius 3 is 2.27 bits per heavy atom. The summed E-state index contributed by atoms with van der Waals surface area (Å²) >= 11 is 0. The number of aliphatic hydroxyl groups is 2. The molecule has 0 saturated heterocycles. The fourth-order valence-corrected chi connectivity index (χ4v) is 2.20. The van der Waals surface area contributed by atoms with Gasteiger partial charge in [-0.3, -0.25) is 0 Å². The van der Waals surface area contributed by atoms with E-state index < -0.39 is 6.10 Å². The summed E-state index contributed by atoms with van der Waals surface area (Å²) in [5.41, 5.74) is 3.20. The molecule has 22 heavy (non-hydrogen) atoms. The van der Waals surface area contributed by atoms with E-state index in [-0.39, 0.29) is 6.61 Å². The molecule has 0 aromatic heterocycles. The zero-order valence-corrected chi connectivity index (χ0v) is 12.6. The van der Waals surface area contributed by atoms with Crippen LogP contribution in [0.15, 0.2) is 54.6 Å². The maximum Gasteiger partial charge on any atom is 0.0914 e. The van der Waals surface area contributed by atoms with E-state index in [4.69, 9.17) is 9.84 Å². The second-order valence-corrected chi connectivity index (χ2v) is 5.04. The number of hydrogen-bond donors (Lipinski definition) is 3. The predicted molar refractivity (Wildman–Crippen MR) is 87.6 cm³/mol. The Bertz CT molecular complexity index is 528. The molecular weight excluding hydrogens is 278 g/mol. The Labute approximate surface area is 131 Å². The van der Waals surface area contributed by atoms with Crippen molar-refractivity contribution < 1.29 is 14.9 Å². The monoisotopic (exact) mass is 301 g/mol. The molecule has 0 fully saturated rings. The van der Waals surface area contributed by atoms with Gasteiger partial charge >= 0.3 is 0 Å². The van der Waals surface area contributed by atoms with Crippen molar-refractivity contribution in [1.29, 1.82) is 0 Å². The molecular formula is C18H23NO3. The number of benzene rings is 2. The van der Waals surface area contributed by atoms with E-state index in [0.717, 1.165) is 11.1 Å². The van der Waals surface area contributed by atoms with Gasteiger partial charge in [-0.15, -0.1) is 0 Å². The molecule has 3 N–H and O–H groups in total. The minimum Gasteiger partial charge on any atom is -0.394 e. The van der Waals surface area contributed by atoms with Crippen LogP contribution in [-0.4, -0.2) is 43.1 Å². The van der Waals surface area contributed by atoms with E-state index in [1.165, 1.54) is 5.56 Å². The molecule has 0 spiro atoms. The summed E-state index contributed by atoms with van der Waals surface area (Å²) in [6, 6.07) is 18.1. The van der Waals surface area contributed by atoms with E-state index in [0.29, 0.717) is 26.3 Å². The zero-order chi connectivity index (χ0) is 15.6. The van der Waals surface area contributed by atoms with E-state index in [1.54, 1.807) is 0 Å². The van der Waals surface area contributed by atoms with Crippen LogP contribution in [-0.2, 0) is 4.74 Å². The van der Waals surface area contributed by atoms with Crippen LogP contribution in [0, 0.1) is 0 Å². The molecule has 4 heteroatoms. The second-order valence-electron chi connectivity index (χ2n) is 5.04. The maximum absolute atomic E-state index is 10.1. The molecule has 2 rings (SSSR count). The Kier molecular flexibility index (Phi) is 7.06. The molecule has 0 aliphatic heterocycles. The standard InChI is InChI=1S/C18H23NO3/c20-11-13-22-12-10-19-14-18(21)17-8-6-16(7-9-17)15-4-2-1-3-5-15/h1-9,18-21H,10-14H2/t18-/m1/s1. The first-order chi connectivity index (χ1) is 10.8. The largest absolute Gasteiger partial charge is 0.394 e. The van der Waals surface area contributed by atoms with Crippen LogP contribution < -0.4 is 5.32 Å². The molecule has 0 amide bonds. The van der Waals surface area contributed by atoms with Crippen molar-refractivity contribution in [1.82, 2.24) is 5.32 Å². The van der Waals surface area contributed by atoms with Gasteiger partial charge in [-0.25, -0.2) is 0 Å². The lowest BCUT2D eigenvalue weighted by molar-refractivity contribution is 0.0910. The molecule has 2 aromatic carbocycles. The van der Waals surface area contributed by atoms with Crippen molar-refractivity contribution in [3.05, 3.63) is 60.2 Å². The summed E-state index contributed by atoms with van der Waals surface area (Å²) in [6.45, 7) is 2.05. The minimum absolute atomic E-state index is 0.0381. The third kappa shape index (κ3) is 5.24. The van der Waals surface area contributed by atoms with E-state index in [2.05, 4.69) is 17.4 Å². The van der Waals surface area contributed by atoms with Gasteiger partial charge < -0.3 is 20.3 Å². The van der Waals surface area contributed by atoms with Gasteiger partial charge in [0.15, 0.2) is 0 Å². The highest BCUT2D eigenvalue weighted by Crippen LogP contribution is 2.21. The highest BCUT2D eigenvalue weighted by Gasteiger charge is 2.07. The van der Waals surface area contributed by atoms with Crippen molar-refractivity contribution in [2.24, 2.45) is 0 Å². The predicted octanol–water partition coefficient (Wildman–Crippen LogP) is 1.99. The van der Waals surface area contributed by atoms with E-state index >= 15 is 0 Å². The molecule has 0 aliphatic carbocycles. The molecule has 2 aromatic rings. The van der Waals surface area contributed by atoms with Gasteiger partial charge in [-0.1, -0.05) is 54.6 Å². The summed E-state index contributed by atoms with van der Waals surface area (Å²) in [5, 5.41) is 21.9. The highest BCUT2D eigenvalue weighted by atomic mass is 16.5. The average molecular weight is 301 g/mol. The summed E-state index contributed by atoms with van der Waals surface area (Å²) in [6.07, 6.45) is -0.539. The zero-order valence-electron chi connectivity index (χ0n) is 12.6. The molecule has 0 aliphatic rings. The number of aliphatic hydroxyl groups excluding tert-OH is 2. The fraction of sp³-hybridized carbons (Fsp3) is 0.333. The van der Waals surface area contributed by atoms with Gasteiger partial charge in [0.1, 0.15) is 0 Å². The van der Waals surface area contributed by atoms with Crippen LogP contribution in [0.1, 0.15) is 11.7 Å². The summed E-state index contributed by atoms with van der Waals surface area (Å²) < 4.78 is 5.14. The van der Waals surface area contributed by atoms with Gasteiger partial charge in [0.25, 0.3) is 0 Å². The Balaban J connectivity index is 1.80. The first-order valence-corrected chi connectivity index (χ1v) is 7.54. The number of ether oxygens (including phenoxy) is 1. The van der Waals surface area contributed by atoms with Crippen molar-refractivity contribution in [3.63, 3.8) is 0 Å². The van der Waals surface area contributed by atoms with Crippen molar-refractivity contribution in [2.75, 3.05) is 32.9 Å². The summed E-state index contributed by atoms with van der Waals surface area (Å²) in [5.74, 6) is 0. The average Bonchev–Trinajstić information content (AvgIpc) is 2.59. The Morgan fingerprint density at radius 1 is 0.909 bits per heavy atom. The van der Waals surface area contributed by atoms with Crippen LogP contribution in [0.3, 0.4) is 0 Å². The van der Waals surface area contributed by atoms with Crippen LogP contribution in [0.2, 0.25) is 0 Å². The molecule has 0 heterocycles. The van der Waals surface area contributed by atoms with Crippen LogP contribution >= 0.6 is 0 Å². The third-order valence-electron chi connectivity index (χ3n) is 3.40. The lowest BCUT2D eigenvalue weighted by Crippen LogP contribution is -2.25. The molecule has 0 saturated carbocycles. The van der Waals surface area contributed by atoms with Gasteiger partial charge in [0, 0.05) is 13.1 Å². The van der Waals surface area contributed by atoms with Gasteiger partial charge in [0.2, 0.25) is 0 Å². The summed E-state index contributed by atoms with van der Waals surface area (Å²) in [7, 11) is 0. The van der Waals surface area contributed by atoms with Gasteiger partial charge in [0.05, 0.1) is 25.9 Å². The molecule has 0 radical (unpaired) electrons. The molecule has 0 unspecified atom stereocenters. The maximum atomic E-state index is 10.1. The topological polar surface area (TPSA) is 61.7 Å². The quantitative estimate of drug-likeness (QED) is 0.620. The first kappa shape index (κ1) is 16.6. The summed E-state index contributed by atoms with van der Waals surface area (Å²) in [4.78, 5) is 0. The minimum atomic E-state index is -0.539. The third-order valence-corrected chi connectivity index (χ3v) is 3.40. The molecule has 1 atom stereocenters. The number of hydrogen-bond acceptors (Lipinski definition) is 4. The van der Waals surface area contributed by atoms with Crippen molar-refractivity contribution >= 4 is 0 Å². The molecule has 0 bridgehead atoms. The normalized spacial score (nSPS) is 12.3. The van der Waals surface area contributed by atoms with Crippen LogP contribution in [0.25, 0.3) is 11.1 Å². The smallest absolute Gasteiger partial charge is 0.0914 e. The van der Waals surface area contributed by atoms with Crippen LogP contribution in [0.5, 0.6) is 0 Å². The van der Waals surface area contributed by atoms with Crippen molar-refractivity contribution in [3.8, 4) is 11.1 Å². The van der Waals surface area contributed by atoms with Gasteiger partial charge in [-0.2, -0.15) is 0 Å². The Hall–Kier alpha value is -1.72. The number of rotatable bonds is 9. The molecule has 118 valence electrons. The van der Waals surface area contributed by atoms with E-state index in [1.807, 2.05) is 42.5 Å². The Morgan fingerprint density at radius 2 is 1.59 bits per heavy atom. The number of nitrogens with one attached hydrogen (secondary N) is 1.